The Balaban J connectivity index is 3.48. The summed E-state index contributed by atoms with van der Waals surface area (Å²) in [6.07, 6.45) is -0.0634. The van der Waals surface area contributed by atoms with Gasteiger partial charge in [0, 0.05) is 6.42 Å². The highest BCUT2D eigenvalue weighted by Gasteiger charge is 2.04. The van der Waals surface area contributed by atoms with Crippen molar-refractivity contribution >= 4 is 11.8 Å². The molecule has 0 aromatic rings. The fourth-order valence-electron chi connectivity index (χ4n) is 0.374. The van der Waals surface area contributed by atoms with Gasteiger partial charge in [0.25, 0.3) is 0 Å². The smallest absolute Gasteiger partial charge is 0.305 e. The SMILES string of the molecule is COC(=O)CCC(=O)C#N. The van der Waals surface area contributed by atoms with Gasteiger partial charge in [0.2, 0.25) is 5.78 Å². The molecular formula is C6H7NO3. The van der Waals surface area contributed by atoms with Gasteiger partial charge in [-0.1, -0.05) is 0 Å². The second kappa shape index (κ2) is 4.50. The van der Waals surface area contributed by atoms with Gasteiger partial charge in [-0.3, -0.25) is 9.59 Å². The van der Waals surface area contributed by atoms with Crippen LogP contribution in [0.4, 0.5) is 0 Å². The van der Waals surface area contributed by atoms with Gasteiger partial charge in [-0.2, -0.15) is 5.26 Å². The fourth-order valence-corrected chi connectivity index (χ4v) is 0.374. The van der Waals surface area contributed by atoms with Crippen LogP contribution in [0.15, 0.2) is 0 Å². The standard InChI is InChI=1S/C6H7NO3/c1-10-6(9)3-2-5(8)4-7/h2-3H2,1H3. The fraction of sp³-hybridized carbons (Fsp3) is 0.500. The van der Waals surface area contributed by atoms with E-state index in [1.165, 1.54) is 13.2 Å². The maximum Gasteiger partial charge on any atom is 0.305 e. The van der Waals surface area contributed by atoms with E-state index in [0.717, 1.165) is 0 Å². The highest BCUT2D eigenvalue weighted by Crippen LogP contribution is 1.91. The Hall–Kier alpha value is -1.37. The van der Waals surface area contributed by atoms with Gasteiger partial charge in [-0.15, -0.1) is 0 Å². The quantitative estimate of drug-likeness (QED) is 0.411. The van der Waals surface area contributed by atoms with Crippen LogP contribution in [0.3, 0.4) is 0 Å². The summed E-state index contributed by atoms with van der Waals surface area (Å²) in [4.78, 5) is 20.6. The zero-order chi connectivity index (χ0) is 7.98. The maximum absolute atomic E-state index is 10.3. The van der Waals surface area contributed by atoms with Crippen LogP contribution in [0, 0.1) is 11.3 Å². The normalized spacial score (nSPS) is 8.00. The molecular weight excluding hydrogens is 134 g/mol. The van der Waals surface area contributed by atoms with Crippen molar-refractivity contribution in [3.8, 4) is 6.07 Å². The Labute approximate surface area is 58.4 Å². The Morgan fingerprint density at radius 3 is 2.50 bits per heavy atom. The molecule has 0 aliphatic heterocycles. The predicted octanol–water partition coefficient (Wildman–Crippen LogP) is 0.0323. The number of hydrogen-bond donors (Lipinski definition) is 0. The molecule has 0 atom stereocenters. The van der Waals surface area contributed by atoms with E-state index in [1.807, 2.05) is 0 Å². The van der Waals surface area contributed by atoms with E-state index in [0.29, 0.717) is 0 Å². The number of Topliss-reactive ketones (excluding diaryl/α,β-unsaturated/α-hetero) is 1. The zero-order valence-electron chi connectivity index (χ0n) is 5.59. The van der Waals surface area contributed by atoms with Gasteiger partial charge < -0.3 is 4.74 Å². The Bertz CT molecular complexity index is 180. The van der Waals surface area contributed by atoms with E-state index in [-0.39, 0.29) is 12.8 Å². The third-order valence-corrected chi connectivity index (χ3v) is 0.909. The van der Waals surface area contributed by atoms with Crippen LogP contribution in [-0.2, 0) is 14.3 Å². The van der Waals surface area contributed by atoms with Crippen molar-refractivity contribution in [2.75, 3.05) is 7.11 Å². The number of carbonyl (C=O) groups is 2. The molecule has 0 spiro atoms. The number of carbonyl (C=O) groups excluding carboxylic acids is 2. The molecule has 0 bridgehead atoms. The first-order valence-corrected chi connectivity index (χ1v) is 2.70. The molecule has 4 heteroatoms. The molecule has 0 radical (unpaired) electrons. The predicted molar refractivity (Wildman–Crippen MR) is 31.9 cm³/mol. The summed E-state index contributed by atoms with van der Waals surface area (Å²) >= 11 is 0. The summed E-state index contributed by atoms with van der Waals surface area (Å²) in [6, 6.07) is 1.40. The molecule has 0 saturated carbocycles. The van der Waals surface area contributed by atoms with E-state index < -0.39 is 11.8 Å². The molecule has 0 aromatic carbocycles. The van der Waals surface area contributed by atoms with E-state index >= 15 is 0 Å². The second-order valence-corrected chi connectivity index (χ2v) is 1.61. The van der Waals surface area contributed by atoms with Gasteiger partial charge in [-0.05, 0) is 0 Å². The monoisotopic (exact) mass is 141 g/mol. The summed E-state index contributed by atoms with van der Waals surface area (Å²) in [7, 11) is 1.24. The number of esters is 1. The van der Waals surface area contributed by atoms with Crippen LogP contribution in [0.25, 0.3) is 0 Å². The average molecular weight is 141 g/mol. The van der Waals surface area contributed by atoms with E-state index in [9.17, 15) is 9.59 Å². The van der Waals surface area contributed by atoms with Crippen molar-refractivity contribution in [1.82, 2.24) is 0 Å². The summed E-state index contributed by atoms with van der Waals surface area (Å²) in [5.41, 5.74) is 0. The Kier molecular flexibility index (Phi) is 3.89. The highest BCUT2D eigenvalue weighted by molar-refractivity contribution is 5.94. The lowest BCUT2D eigenvalue weighted by molar-refractivity contribution is -0.141. The molecule has 0 aromatic heterocycles. The summed E-state index contributed by atoms with van der Waals surface area (Å²) in [5, 5.41) is 7.97. The number of nitrogens with zero attached hydrogens (tertiary/aromatic N) is 1. The van der Waals surface area contributed by atoms with Crippen LogP contribution >= 0.6 is 0 Å². The minimum absolute atomic E-state index is 0.0110. The van der Waals surface area contributed by atoms with Gasteiger partial charge in [0.1, 0.15) is 6.07 Å². The molecule has 0 rings (SSSR count). The third kappa shape index (κ3) is 3.61. The minimum atomic E-state index is -0.592. The van der Waals surface area contributed by atoms with Gasteiger partial charge in [0.15, 0.2) is 0 Å². The highest BCUT2D eigenvalue weighted by atomic mass is 16.5. The number of nitriles is 1. The van der Waals surface area contributed by atoms with E-state index in [4.69, 9.17) is 5.26 Å². The molecule has 54 valence electrons. The topological polar surface area (TPSA) is 67.2 Å². The lowest BCUT2D eigenvalue weighted by atomic mass is 10.2. The largest absolute Gasteiger partial charge is 0.469 e. The first-order valence-electron chi connectivity index (χ1n) is 2.70. The zero-order valence-corrected chi connectivity index (χ0v) is 5.59. The maximum atomic E-state index is 10.3. The van der Waals surface area contributed by atoms with Gasteiger partial charge in [0.05, 0.1) is 13.5 Å². The molecule has 0 fully saturated rings. The van der Waals surface area contributed by atoms with Crippen molar-refractivity contribution in [3.05, 3.63) is 0 Å². The van der Waals surface area contributed by atoms with Crippen molar-refractivity contribution in [2.45, 2.75) is 12.8 Å². The molecule has 4 nitrogen and oxygen atoms in total. The second-order valence-electron chi connectivity index (χ2n) is 1.61. The van der Waals surface area contributed by atoms with Crippen LogP contribution in [0.2, 0.25) is 0 Å². The number of methoxy groups -OCH3 is 1. The van der Waals surface area contributed by atoms with Gasteiger partial charge >= 0.3 is 5.97 Å². The van der Waals surface area contributed by atoms with Crippen molar-refractivity contribution < 1.29 is 14.3 Å². The molecule has 0 amide bonds. The van der Waals surface area contributed by atoms with Crippen molar-refractivity contribution in [2.24, 2.45) is 0 Å². The van der Waals surface area contributed by atoms with Crippen LogP contribution in [-0.4, -0.2) is 18.9 Å². The molecule has 0 saturated heterocycles. The van der Waals surface area contributed by atoms with Gasteiger partial charge in [-0.25, -0.2) is 0 Å². The van der Waals surface area contributed by atoms with Crippen LogP contribution in [0.5, 0.6) is 0 Å². The Morgan fingerprint density at radius 1 is 1.50 bits per heavy atom. The lowest BCUT2D eigenvalue weighted by Gasteiger charge is -1.92. The van der Waals surface area contributed by atoms with Crippen LogP contribution in [0.1, 0.15) is 12.8 Å². The number of ether oxygens (including phenoxy) is 1. The van der Waals surface area contributed by atoms with E-state index in [1.54, 1.807) is 0 Å². The first kappa shape index (κ1) is 8.63. The number of ketones is 1. The van der Waals surface area contributed by atoms with Crippen molar-refractivity contribution in [3.63, 3.8) is 0 Å². The third-order valence-electron chi connectivity index (χ3n) is 0.909. The van der Waals surface area contributed by atoms with Crippen LogP contribution < -0.4 is 0 Å². The summed E-state index contributed by atoms with van der Waals surface area (Å²) in [6.45, 7) is 0. The molecule has 10 heavy (non-hydrogen) atoms. The first-order chi connectivity index (χ1) is 4.70. The summed E-state index contributed by atoms with van der Waals surface area (Å²) < 4.78 is 4.24. The average Bonchev–Trinajstić information content (AvgIpc) is 1.99. The molecule has 0 unspecified atom stereocenters. The molecule has 0 heterocycles. The Morgan fingerprint density at radius 2 is 2.10 bits per heavy atom. The van der Waals surface area contributed by atoms with E-state index in [2.05, 4.69) is 4.74 Å². The summed E-state index contributed by atoms with van der Waals surface area (Å²) in [5.74, 6) is -1.06. The number of rotatable bonds is 3. The minimum Gasteiger partial charge on any atom is -0.469 e. The van der Waals surface area contributed by atoms with Crippen molar-refractivity contribution in [1.29, 1.82) is 5.26 Å². The molecule has 0 N–H and O–H groups in total. The lowest BCUT2D eigenvalue weighted by Crippen LogP contribution is -2.03. The molecule has 0 aliphatic rings. The number of hydrogen-bond acceptors (Lipinski definition) is 4. The molecule has 0 aliphatic carbocycles.